The van der Waals surface area contributed by atoms with Crippen LogP contribution in [0.5, 0.6) is 5.75 Å². The maximum atomic E-state index is 15.1. The van der Waals surface area contributed by atoms with E-state index in [1.165, 1.54) is 13.0 Å². The van der Waals surface area contributed by atoms with Crippen LogP contribution in [0.2, 0.25) is 0 Å². The Kier molecular flexibility index (Phi) is 7.66. The molecule has 14 heteroatoms. The first kappa shape index (κ1) is 26.7. The molecule has 0 bridgehead atoms. The summed E-state index contributed by atoms with van der Waals surface area (Å²) in [6.07, 6.45) is -1.46. The fourth-order valence-electron chi connectivity index (χ4n) is 6.79. The molecule has 2 aliphatic rings. The van der Waals surface area contributed by atoms with Gasteiger partial charge in [-0.2, -0.15) is 10.2 Å². The maximum Gasteiger partial charge on any atom is 0.350 e. The lowest BCUT2D eigenvalue weighted by molar-refractivity contribution is -0.0206. The number of halogens is 2. The lowest BCUT2D eigenvalue weighted by Crippen LogP contribution is -2.46. The van der Waals surface area contributed by atoms with Gasteiger partial charge in [0.2, 0.25) is 0 Å². The molecule has 0 aliphatic carbocycles. The smallest absolute Gasteiger partial charge is 0.350 e. The van der Waals surface area contributed by atoms with Gasteiger partial charge in [0.1, 0.15) is 46.0 Å². The molecule has 2 saturated heterocycles. The topological polar surface area (TPSA) is 116 Å². The Morgan fingerprint density at radius 3 is 2.29 bits per heavy atom. The Balaban J connectivity index is 1.01. The van der Waals surface area contributed by atoms with Gasteiger partial charge in [0.05, 0.1) is 43.1 Å². The van der Waals surface area contributed by atoms with Crippen LogP contribution in [-0.2, 0) is 16.9 Å². The predicted molar refractivity (Wildman–Crippen MR) is 187 cm³/mol. The van der Waals surface area contributed by atoms with Crippen LogP contribution >= 0.6 is 0 Å². The van der Waals surface area contributed by atoms with Gasteiger partial charge in [0, 0.05) is 55.1 Å². The minimum atomic E-state index is -1.37. The van der Waals surface area contributed by atoms with E-state index in [2.05, 4.69) is 15.2 Å². The van der Waals surface area contributed by atoms with Crippen LogP contribution in [0, 0.1) is 17.6 Å². The second-order valence-corrected chi connectivity index (χ2v) is 12.8. The molecule has 7 rings (SSSR count). The van der Waals surface area contributed by atoms with Crippen molar-refractivity contribution in [1.82, 2.24) is 29.1 Å². The highest BCUT2D eigenvalue weighted by Gasteiger charge is 2.44. The van der Waals surface area contributed by atoms with Gasteiger partial charge >= 0.3 is 5.69 Å². The summed E-state index contributed by atoms with van der Waals surface area (Å²) < 4.78 is 103. The zero-order valence-corrected chi connectivity index (χ0v) is 28.1. The third-order valence-electron chi connectivity index (χ3n) is 9.46. The van der Waals surface area contributed by atoms with Crippen molar-refractivity contribution in [2.45, 2.75) is 51.0 Å². The summed E-state index contributed by atoms with van der Waals surface area (Å²) >= 11 is 0. The molecule has 1 N–H and O–H groups in total. The van der Waals surface area contributed by atoms with Gasteiger partial charge in [0.25, 0.3) is 0 Å². The SMILES string of the molecule is [2H]c1nc([2H])n(C[C@]2(c3ccc(F)cc3F)C[C@H](COc3c([2H])cc(N4CCN(c5cc([2H])c(-n6c([2H])nn([C@@H](CC)[C@H](C)O)c6=O)c([2H])c5)CC4)cc3[2H])CO2)n1. The highest BCUT2D eigenvalue weighted by molar-refractivity contribution is 5.54. The van der Waals surface area contributed by atoms with Crippen molar-refractivity contribution in [3.63, 3.8) is 0 Å². The summed E-state index contributed by atoms with van der Waals surface area (Å²) in [6.45, 7) is 5.25. The number of ether oxygens (including phenoxy) is 2. The quantitative estimate of drug-likeness (QED) is 0.199. The number of rotatable bonds is 12. The fourth-order valence-corrected chi connectivity index (χ4v) is 6.79. The Morgan fingerprint density at radius 1 is 1.00 bits per heavy atom. The molecule has 5 aromatic rings. The van der Waals surface area contributed by atoms with Crippen LogP contribution in [0.1, 0.15) is 47.9 Å². The summed E-state index contributed by atoms with van der Waals surface area (Å²) in [7, 11) is 0. The van der Waals surface area contributed by atoms with Crippen LogP contribution in [-0.4, -0.2) is 79.7 Å². The Bertz CT molecular complexity index is 2340. The van der Waals surface area contributed by atoms with Crippen molar-refractivity contribution in [3.05, 3.63) is 113 Å². The lowest BCUT2D eigenvalue weighted by atomic mass is 9.87. The second-order valence-electron chi connectivity index (χ2n) is 12.8. The van der Waals surface area contributed by atoms with Gasteiger partial charge in [-0.15, -0.1) is 0 Å². The number of anilines is 2. The number of aliphatic hydroxyl groups excluding tert-OH is 1. The van der Waals surface area contributed by atoms with E-state index >= 15 is 4.39 Å². The molecule has 0 unspecified atom stereocenters. The van der Waals surface area contributed by atoms with E-state index in [1.54, 1.807) is 31.2 Å². The van der Waals surface area contributed by atoms with Crippen molar-refractivity contribution in [2.24, 2.45) is 5.92 Å². The number of piperazine rings is 1. The molecule has 4 heterocycles. The number of hydrogen-bond acceptors (Lipinski definition) is 9. The number of benzene rings is 3. The third-order valence-corrected chi connectivity index (χ3v) is 9.46. The second kappa shape index (κ2) is 14.6. The molecule has 2 fully saturated rings. The van der Waals surface area contributed by atoms with Crippen LogP contribution in [0.15, 0.2) is 90.3 Å². The van der Waals surface area contributed by atoms with Crippen LogP contribution in [0.3, 0.4) is 0 Å². The third kappa shape index (κ3) is 7.24. The summed E-state index contributed by atoms with van der Waals surface area (Å²) in [5.41, 5.74) is -0.857. The molecule has 0 saturated carbocycles. The highest BCUT2D eigenvalue weighted by Crippen LogP contribution is 2.42. The van der Waals surface area contributed by atoms with Gasteiger partial charge < -0.3 is 24.4 Å². The predicted octanol–water partition coefficient (Wildman–Crippen LogP) is 4.57. The van der Waals surface area contributed by atoms with E-state index in [1.807, 2.05) is 9.80 Å². The number of aromatic nitrogens is 6. The van der Waals surface area contributed by atoms with E-state index in [4.69, 9.17) is 19.1 Å². The van der Waals surface area contributed by atoms with E-state index in [9.17, 15) is 14.3 Å². The molecule has 0 spiro atoms. The van der Waals surface area contributed by atoms with Crippen LogP contribution < -0.4 is 20.2 Å². The minimum Gasteiger partial charge on any atom is -0.493 e. The molecular weight excluding hydrogens is 658 g/mol. The monoisotopic (exact) mass is 707 g/mol. The molecule has 3 aromatic carbocycles. The first-order chi connectivity index (χ1) is 27.6. The normalized spacial score (nSPS) is 22.4. The summed E-state index contributed by atoms with van der Waals surface area (Å²) in [4.78, 5) is 21.0. The average molecular weight is 708 g/mol. The lowest BCUT2D eigenvalue weighted by Gasteiger charge is -2.37. The summed E-state index contributed by atoms with van der Waals surface area (Å²) in [6, 6.07) is 8.52. The Hall–Kier alpha value is -5.08. The first-order valence-corrected chi connectivity index (χ1v) is 16.8. The number of aliphatic hydroxyl groups is 1. The molecule has 51 heavy (non-hydrogen) atoms. The van der Waals surface area contributed by atoms with Crippen LogP contribution in [0.4, 0.5) is 20.2 Å². The van der Waals surface area contributed by atoms with E-state index in [0.717, 1.165) is 26.1 Å². The fraction of sp³-hybridized carbons (Fsp3) is 0.405. The van der Waals surface area contributed by atoms with Gasteiger partial charge in [-0.05, 0) is 74.3 Å². The molecule has 0 amide bonds. The molecule has 2 aliphatic heterocycles. The molecular formula is C37H42F2N8O4. The van der Waals surface area contributed by atoms with Gasteiger partial charge in [0.15, 0.2) is 0 Å². The van der Waals surface area contributed by atoms with E-state index < -0.39 is 41.4 Å². The summed E-state index contributed by atoms with van der Waals surface area (Å²) in [5.74, 6) is -1.89. The van der Waals surface area contributed by atoms with Gasteiger partial charge in [-0.25, -0.2) is 32.5 Å². The average Bonchev–Trinajstić information content (AvgIpc) is 3.81. The minimum absolute atomic E-state index is 0.0107. The number of hydrogen-bond donors (Lipinski definition) is 1. The van der Waals surface area contributed by atoms with Crippen molar-refractivity contribution < 1.29 is 33.0 Å². The summed E-state index contributed by atoms with van der Waals surface area (Å²) in [5, 5.41) is 18.1. The molecule has 2 aromatic heterocycles. The van der Waals surface area contributed by atoms with E-state index in [-0.39, 0.29) is 85.9 Å². The standard InChI is InChI=1S/C37H42F2N8O4/c1-3-35(26(2)48)47-36(49)46(25-42-47)31-7-5-29(6-8-31)43-14-16-44(17-15-43)30-9-11-32(12-10-30)50-20-27-19-37(51-21-27,22-45-24-40-23-41-45)33-13-4-28(38)18-34(33)39/h4-13,18,23-27,35,48H,3,14-17,19-22H2,1-2H3/t26-,27+,35-,37-/m0/s1/i7D,8D,11D,12D,23D,24D,25D. The zero-order chi connectivity index (χ0) is 41.6. The van der Waals surface area contributed by atoms with Crippen molar-refractivity contribution in [2.75, 3.05) is 49.2 Å². The molecule has 12 nitrogen and oxygen atoms in total. The molecule has 0 radical (unpaired) electrons. The van der Waals surface area contributed by atoms with Crippen molar-refractivity contribution >= 4 is 11.4 Å². The highest BCUT2D eigenvalue weighted by atomic mass is 19.1. The van der Waals surface area contributed by atoms with Crippen molar-refractivity contribution in [3.8, 4) is 11.4 Å². The maximum absolute atomic E-state index is 15.1. The van der Waals surface area contributed by atoms with Gasteiger partial charge in [-0.3, -0.25) is 0 Å². The molecule has 268 valence electrons. The van der Waals surface area contributed by atoms with Crippen LogP contribution in [0.25, 0.3) is 5.69 Å². The Morgan fingerprint density at radius 2 is 1.69 bits per heavy atom. The Labute approximate surface area is 304 Å². The molecule has 4 atom stereocenters. The zero-order valence-electron chi connectivity index (χ0n) is 35.1. The van der Waals surface area contributed by atoms with E-state index in [0.29, 0.717) is 44.0 Å². The largest absolute Gasteiger partial charge is 0.493 e. The van der Waals surface area contributed by atoms with Gasteiger partial charge in [-0.1, -0.05) is 13.0 Å². The van der Waals surface area contributed by atoms with Crippen molar-refractivity contribution in [1.29, 1.82) is 0 Å². The first-order valence-electron chi connectivity index (χ1n) is 20.3. The number of nitrogens with zero attached hydrogens (tertiary/aromatic N) is 8.